The Balaban J connectivity index is 2.26. The van der Waals surface area contributed by atoms with Crippen molar-refractivity contribution in [2.24, 2.45) is 17.6 Å². The van der Waals surface area contributed by atoms with Gasteiger partial charge in [-0.1, -0.05) is 13.8 Å². The van der Waals surface area contributed by atoms with Gasteiger partial charge < -0.3 is 16.0 Å². The third-order valence-electron chi connectivity index (χ3n) is 3.63. The Labute approximate surface area is 99.5 Å². The van der Waals surface area contributed by atoms with Crippen LogP contribution in [0.5, 0.6) is 0 Å². The normalized spacial score (nSPS) is 31.6. The molecule has 2 aliphatic heterocycles. The van der Waals surface area contributed by atoms with Crippen LogP contribution in [0, 0.1) is 11.8 Å². The molecule has 0 radical (unpaired) electrons. The summed E-state index contributed by atoms with van der Waals surface area (Å²) in [4.78, 5) is 36.5. The number of nitrogens with two attached hydrogens (primary N) is 1. The van der Waals surface area contributed by atoms with Crippen molar-refractivity contribution in [3.63, 3.8) is 0 Å². The lowest BCUT2D eigenvalue weighted by atomic mass is 9.85. The Kier molecular flexibility index (Phi) is 2.60. The Morgan fingerprint density at radius 3 is 2.53 bits per heavy atom. The average molecular weight is 239 g/mol. The van der Waals surface area contributed by atoms with Gasteiger partial charge in [0.25, 0.3) is 0 Å². The molecule has 6 heteroatoms. The van der Waals surface area contributed by atoms with E-state index in [1.54, 1.807) is 13.8 Å². The van der Waals surface area contributed by atoms with Crippen LogP contribution in [-0.2, 0) is 14.4 Å². The molecule has 0 aromatic heterocycles. The van der Waals surface area contributed by atoms with Gasteiger partial charge in [-0.05, 0) is 6.42 Å². The molecular weight excluding hydrogens is 222 g/mol. The minimum atomic E-state index is -0.818. The third-order valence-corrected chi connectivity index (χ3v) is 3.63. The fourth-order valence-corrected chi connectivity index (χ4v) is 2.53. The van der Waals surface area contributed by atoms with Crippen molar-refractivity contribution in [2.45, 2.75) is 25.8 Å². The number of nitrogens with zero attached hydrogens (tertiary/aromatic N) is 1. The number of amides is 3. The number of nitrogens with one attached hydrogen (secondary N) is 1. The van der Waals surface area contributed by atoms with Gasteiger partial charge in [0.15, 0.2) is 0 Å². The number of likely N-dealkylation sites (tertiary alicyclic amines) is 1. The van der Waals surface area contributed by atoms with E-state index in [-0.39, 0.29) is 24.3 Å². The number of carbonyl (C=O) groups excluding carboxylic acids is 3. The number of rotatable bonds is 2. The highest BCUT2D eigenvalue weighted by atomic mass is 16.2. The lowest BCUT2D eigenvalue weighted by Crippen LogP contribution is -2.71. The standard InChI is InChI=1S/C11H17N3O3/c1-6(2)9(16)14-4-7(8(12)15)3-11(14)5-13-10(11)17/h6-7H,3-5H2,1-2H3,(H2,12,15)(H,13,17). The smallest absolute Gasteiger partial charge is 0.247 e. The zero-order valence-electron chi connectivity index (χ0n) is 10.0. The first-order valence-electron chi connectivity index (χ1n) is 5.77. The molecule has 94 valence electrons. The van der Waals surface area contributed by atoms with Crippen LogP contribution in [0.2, 0.25) is 0 Å². The van der Waals surface area contributed by atoms with Gasteiger partial charge in [-0.2, -0.15) is 0 Å². The number of β-lactam (4-membered cyclic amide) rings is 1. The molecule has 2 rings (SSSR count). The van der Waals surface area contributed by atoms with Gasteiger partial charge in [-0.15, -0.1) is 0 Å². The summed E-state index contributed by atoms with van der Waals surface area (Å²) in [7, 11) is 0. The first-order valence-corrected chi connectivity index (χ1v) is 5.77. The Morgan fingerprint density at radius 1 is 1.53 bits per heavy atom. The van der Waals surface area contributed by atoms with Crippen molar-refractivity contribution in [3.05, 3.63) is 0 Å². The molecule has 0 bridgehead atoms. The SMILES string of the molecule is CC(C)C(=O)N1CC(C(N)=O)CC12CNC2=O. The second kappa shape index (κ2) is 3.72. The highest BCUT2D eigenvalue weighted by molar-refractivity contribution is 5.98. The molecule has 2 saturated heterocycles. The summed E-state index contributed by atoms with van der Waals surface area (Å²) >= 11 is 0. The minimum Gasteiger partial charge on any atom is -0.369 e. The monoisotopic (exact) mass is 239 g/mol. The summed E-state index contributed by atoms with van der Waals surface area (Å²) in [5.74, 6) is -1.31. The largest absolute Gasteiger partial charge is 0.369 e. The number of primary amides is 1. The van der Waals surface area contributed by atoms with Gasteiger partial charge in [-0.3, -0.25) is 14.4 Å². The van der Waals surface area contributed by atoms with Crippen molar-refractivity contribution in [1.29, 1.82) is 0 Å². The summed E-state index contributed by atoms with van der Waals surface area (Å²) in [5, 5.41) is 2.64. The molecule has 1 spiro atoms. The van der Waals surface area contributed by atoms with E-state index >= 15 is 0 Å². The first kappa shape index (κ1) is 11.9. The number of hydrogen-bond acceptors (Lipinski definition) is 3. The van der Waals surface area contributed by atoms with E-state index in [1.165, 1.54) is 4.90 Å². The van der Waals surface area contributed by atoms with E-state index < -0.39 is 17.4 Å². The van der Waals surface area contributed by atoms with Gasteiger partial charge in [0.1, 0.15) is 5.54 Å². The molecular formula is C11H17N3O3. The highest BCUT2D eigenvalue weighted by Crippen LogP contribution is 2.38. The molecule has 0 saturated carbocycles. The molecule has 2 heterocycles. The van der Waals surface area contributed by atoms with Crippen molar-refractivity contribution in [1.82, 2.24) is 10.2 Å². The van der Waals surface area contributed by atoms with Crippen LogP contribution in [0.4, 0.5) is 0 Å². The van der Waals surface area contributed by atoms with E-state index in [4.69, 9.17) is 5.73 Å². The maximum Gasteiger partial charge on any atom is 0.247 e. The molecule has 2 unspecified atom stereocenters. The minimum absolute atomic E-state index is 0.0939. The fraction of sp³-hybridized carbons (Fsp3) is 0.727. The van der Waals surface area contributed by atoms with Crippen molar-refractivity contribution in [3.8, 4) is 0 Å². The molecule has 3 amide bonds. The van der Waals surface area contributed by atoms with Crippen LogP contribution >= 0.6 is 0 Å². The predicted molar refractivity (Wildman–Crippen MR) is 59.6 cm³/mol. The molecule has 17 heavy (non-hydrogen) atoms. The van der Waals surface area contributed by atoms with Crippen LogP contribution < -0.4 is 11.1 Å². The van der Waals surface area contributed by atoms with E-state index in [1.807, 2.05) is 0 Å². The molecule has 3 N–H and O–H groups in total. The molecule has 0 aromatic carbocycles. The zero-order chi connectivity index (χ0) is 12.8. The van der Waals surface area contributed by atoms with Gasteiger partial charge in [0.2, 0.25) is 17.7 Å². The topological polar surface area (TPSA) is 92.5 Å². The van der Waals surface area contributed by atoms with E-state index in [9.17, 15) is 14.4 Å². The van der Waals surface area contributed by atoms with Crippen molar-refractivity contribution < 1.29 is 14.4 Å². The van der Waals surface area contributed by atoms with Crippen LogP contribution in [0.3, 0.4) is 0 Å². The molecule has 0 aliphatic carbocycles. The summed E-state index contributed by atoms with van der Waals surface area (Å²) < 4.78 is 0. The molecule has 0 aromatic rings. The van der Waals surface area contributed by atoms with E-state index in [0.29, 0.717) is 13.0 Å². The van der Waals surface area contributed by atoms with Crippen LogP contribution in [-0.4, -0.2) is 41.2 Å². The summed E-state index contributed by atoms with van der Waals surface area (Å²) in [6, 6.07) is 0. The van der Waals surface area contributed by atoms with Crippen LogP contribution in [0.15, 0.2) is 0 Å². The van der Waals surface area contributed by atoms with Gasteiger partial charge in [0.05, 0.1) is 12.5 Å². The lowest BCUT2D eigenvalue weighted by molar-refractivity contribution is -0.153. The lowest BCUT2D eigenvalue weighted by Gasteiger charge is -2.44. The number of carbonyl (C=O) groups is 3. The van der Waals surface area contributed by atoms with E-state index in [0.717, 1.165) is 0 Å². The average Bonchev–Trinajstić information content (AvgIpc) is 2.68. The van der Waals surface area contributed by atoms with Gasteiger partial charge >= 0.3 is 0 Å². The molecule has 2 atom stereocenters. The molecule has 2 aliphatic rings. The summed E-state index contributed by atoms with van der Waals surface area (Å²) in [6.07, 6.45) is 0.354. The Hall–Kier alpha value is -1.59. The fourth-order valence-electron chi connectivity index (χ4n) is 2.53. The van der Waals surface area contributed by atoms with Crippen molar-refractivity contribution >= 4 is 17.7 Å². The Morgan fingerprint density at radius 2 is 2.18 bits per heavy atom. The summed E-state index contributed by atoms with van der Waals surface area (Å²) in [5.41, 5.74) is 4.45. The Bertz CT molecular complexity index is 393. The highest BCUT2D eigenvalue weighted by Gasteiger charge is 2.59. The molecule has 2 fully saturated rings. The first-order chi connectivity index (χ1) is 7.88. The van der Waals surface area contributed by atoms with Crippen molar-refractivity contribution in [2.75, 3.05) is 13.1 Å². The van der Waals surface area contributed by atoms with Gasteiger partial charge in [0, 0.05) is 12.5 Å². The summed E-state index contributed by atoms with van der Waals surface area (Å²) in [6.45, 7) is 4.25. The van der Waals surface area contributed by atoms with Crippen LogP contribution in [0.25, 0.3) is 0 Å². The maximum atomic E-state index is 12.1. The second-order valence-electron chi connectivity index (χ2n) is 5.12. The second-order valence-corrected chi connectivity index (χ2v) is 5.12. The number of hydrogen-bond donors (Lipinski definition) is 2. The quantitative estimate of drug-likeness (QED) is 0.596. The molecule has 6 nitrogen and oxygen atoms in total. The predicted octanol–water partition coefficient (Wildman–Crippen LogP) is -1.16. The van der Waals surface area contributed by atoms with Gasteiger partial charge in [-0.25, -0.2) is 0 Å². The van der Waals surface area contributed by atoms with Crippen LogP contribution in [0.1, 0.15) is 20.3 Å². The maximum absolute atomic E-state index is 12.1. The van der Waals surface area contributed by atoms with E-state index in [2.05, 4.69) is 5.32 Å². The zero-order valence-corrected chi connectivity index (χ0v) is 10.0. The third kappa shape index (κ3) is 1.59.